The number of hydrogen-bond acceptors (Lipinski definition) is 4. The summed E-state index contributed by atoms with van der Waals surface area (Å²) in [4.78, 5) is 3.85. The molecule has 0 aromatic rings. The van der Waals surface area contributed by atoms with Crippen molar-refractivity contribution in [1.82, 2.24) is 5.32 Å². The molecule has 2 rings (SSSR count). The van der Waals surface area contributed by atoms with E-state index in [0.717, 1.165) is 19.7 Å². The molecule has 1 saturated heterocycles. The van der Waals surface area contributed by atoms with E-state index in [1.807, 2.05) is 0 Å². The monoisotopic (exact) mass is 143 g/mol. The number of hydrogen-bond donors (Lipinski definition) is 2. The van der Waals surface area contributed by atoms with Gasteiger partial charge in [-0.2, -0.15) is 0 Å². The van der Waals surface area contributed by atoms with Crippen LogP contribution in [-0.2, 0) is 4.74 Å². The second-order valence-corrected chi connectivity index (χ2v) is 2.18. The zero-order valence-corrected chi connectivity index (χ0v) is 5.92. The summed E-state index contributed by atoms with van der Waals surface area (Å²) in [6.07, 6.45) is 2.15. The Kier molecular flexibility index (Phi) is 3.18. The van der Waals surface area contributed by atoms with Crippen LogP contribution in [0.4, 0.5) is 0 Å². The van der Waals surface area contributed by atoms with Crippen LogP contribution in [0.2, 0.25) is 0 Å². The van der Waals surface area contributed by atoms with Crippen LogP contribution in [0.1, 0.15) is 0 Å². The zero-order valence-electron chi connectivity index (χ0n) is 5.92. The second-order valence-electron chi connectivity index (χ2n) is 2.18. The molecule has 0 aromatic heterocycles. The van der Waals surface area contributed by atoms with Crippen LogP contribution < -0.4 is 11.1 Å². The number of nitrogens with one attached hydrogen (secondary N) is 1. The van der Waals surface area contributed by atoms with Gasteiger partial charge in [0.2, 0.25) is 0 Å². The Morgan fingerprint density at radius 3 is 2.70 bits per heavy atom. The Morgan fingerprint density at radius 1 is 1.80 bits per heavy atom. The van der Waals surface area contributed by atoms with Crippen LogP contribution in [0.15, 0.2) is 4.99 Å². The van der Waals surface area contributed by atoms with Gasteiger partial charge in [0.05, 0.1) is 25.6 Å². The molecule has 10 heavy (non-hydrogen) atoms. The quantitative estimate of drug-likeness (QED) is 0.461. The predicted molar refractivity (Wildman–Crippen MR) is 40.2 cm³/mol. The molecule has 0 spiro atoms. The van der Waals surface area contributed by atoms with E-state index in [4.69, 9.17) is 10.5 Å². The molecule has 0 aromatic carbocycles. The Bertz CT molecular complexity index is 106. The van der Waals surface area contributed by atoms with Gasteiger partial charge in [-0.3, -0.25) is 4.99 Å². The molecule has 3 N–H and O–H groups in total. The van der Waals surface area contributed by atoms with E-state index in [-0.39, 0.29) is 0 Å². The Balaban J connectivity index is 0.0000001000. The van der Waals surface area contributed by atoms with E-state index in [1.54, 1.807) is 6.34 Å². The van der Waals surface area contributed by atoms with Gasteiger partial charge in [0.15, 0.2) is 0 Å². The lowest BCUT2D eigenvalue weighted by Gasteiger charge is -1.75. The third kappa shape index (κ3) is 3.42. The van der Waals surface area contributed by atoms with Gasteiger partial charge in [0.25, 0.3) is 0 Å². The first kappa shape index (κ1) is 7.50. The molecule has 0 saturated carbocycles. The molecule has 2 aliphatic rings. The number of nitrogens with two attached hydrogens (primary N) is 1. The molecule has 0 amide bonds. The molecular formula is C6H13N3O. The molecule has 0 radical (unpaired) electrons. The fraction of sp³-hybridized carbons (Fsp3) is 0.833. The van der Waals surface area contributed by atoms with Crippen molar-refractivity contribution < 1.29 is 4.74 Å². The minimum Gasteiger partial charge on any atom is -0.375 e. The molecular weight excluding hydrogens is 130 g/mol. The summed E-state index contributed by atoms with van der Waals surface area (Å²) in [5.41, 5.74) is 5.11. The third-order valence-electron chi connectivity index (χ3n) is 1.23. The minimum absolute atomic E-state index is 0.412. The highest BCUT2D eigenvalue weighted by Crippen LogP contribution is 2.03. The van der Waals surface area contributed by atoms with Crippen molar-refractivity contribution in [3.05, 3.63) is 0 Å². The SMILES string of the molecule is C1=NCCN1.NCC1CO1. The highest BCUT2D eigenvalue weighted by Gasteiger charge is 2.18. The van der Waals surface area contributed by atoms with Gasteiger partial charge in [-0.05, 0) is 0 Å². The number of aliphatic imine (C=N–C) groups is 1. The number of epoxide rings is 1. The number of nitrogens with zero attached hydrogens (tertiary/aromatic N) is 1. The first-order valence-corrected chi connectivity index (χ1v) is 3.47. The summed E-state index contributed by atoms with van der Waals surface area (Å²) in [5, 5.41) is 2.93. The zero-order chi connectivity index (χ0) is 7.23. The van der Waals surface area contributed by atoms with Crippen LogP contribution in [0.3, 0.4) is 0 Å². The van der Waals surface area contributed by atoms with Crippen LogP contribution in [0.5, 0.6) is 0 Å². The predicted octanol–water partition coefficient (Wildman–Crippen LogP) is -1.04. The van der Waals surface area contributed by atoms with Gasteiger partial charge in [-0.25, -0.2) is 0 Å². The van der Waals surface area contributed by atoms with Gasteiger partial charge in [-0.15, -0.1) is 0 Å². The second kappa shape index (κ2) is 4.24. The van der Waals surface area contributed by atoms with E-state index >= 15 is 0 Å². The molecule has 2 aliphatic heterocycles. The fourth-order valence-electron chi connectivity index (χ4n) is 0.527. The molecule has 1 atom stereocenters. The molecule has 4 nitrogen and oxygen atoms in total. The molecule has 0 bridgehead atoms. The smallest absolute Gasteiger partial charge is 0.0931 e. The first-order valence-electron chi connectivity index (χ1n) is 3.47. The molecule has 58 valence electrons. The third-order valence-corrected chi connectivity index (χ3v) is 1.23. The van der Waals surface area contributed by atoms with E-state index in [0.29, 0.717) is 12.6 Å². The molecule has 4 heteroatoms. The lowest BCUT2D eigenvalue weighted by Crippen LogP contribution is -2.05. The van der Waals surface area contributed by atoms with E-state index < -0.39 is 0 Å². The Labute approximate surface area is 60.5 Å². The fourth-order valence-corrected chi connectivity index (χ4v) is 0.527. The Morgan fingerprint density at radius 2 is 2.60 bits per heavy atom. The van der Waals surface area contributed by atoms with Crippen LogP contribution in [-0.4, -0.2) is 38.7 Å². The van der Waals surface area contributed by atoms with Gasteiger partial charge in [0.1, 0.15) is 0 Å². The summed E-state index contributed by atoms with van der Waals surface area (Å²) < 4.78 is 4.73. The lowest BCUT2D eigenvalue weighted by atomic mass is 10.5. The van der Waals surface area contributed by atoms with Gasteiger partial charge < -0.3 is 15.8 Å². The van der Waals surface area contributed by atoms with Crippen molar-refractivity contribution in [2.45, 2.75) is 6.10 Å². The molecule has 1 fully saturated rings. The largest absolute Gasteiger partial charge is 0.375 e. The normalized spacial score (nSPS) is 26.7. The maximum Gasteiger partial charge on any atom is 0.0931 e. The van der Waals surface area contributed by atoms with Crippen LogP contribution >= 0.6 is 0 Å². The molecule has 0 aliphatic carbocycles. The highest BCUT2D eigenvalue weighted by molar-refractivity contribution is 5.56. The average Bonchev–Trinajstić information content (AvgIpc) is 2.63. The summed E-state index contributed by atoms with van der Waals surface area (Å²) in [6, 6.07) is 0. The minimum atomic E-state index is 0.412. The van der Waals surface area contributed by atoms with E-state index in [9.17, 15) is 0 Å². The van der Waals surface area contributed by atoms with Crippen molar-refractivity contribution in [2.24, 2.45) is 10.7 Å². The topological polar surface area (TPSA) is 62.9 Å². The number of ether oxygens (including phenoxy) is 1. The first-order chi connectivity index (χ1) is 4.93. The summed E-state index contributed by atoms with van der Waals surface area (Å²) in [6.45, 7) is 3.57. The average molecular weight is 143 g/mol. The molecule has 2 heterocycles. The maximum absolute atomic E-state index is 5.11. The van der Waals surface area contributed by atoms with Crippen molar-refractivity contribution >= 4 is 6.34 Å². The van der Waals surface area contributed by atoms with Gasteiger partial charge in [0, 0.05) is 13.1 Å². The van der Waals surface area contributed by atoms with Crippen molar-refractivity contribution in [3.63, 3.8) is 0 Å². The van der Waals surface area contributed by atoms with Gasteiger partial charge >= 0.3 is 0 Å². The van der Waals surface area contributed by atoms with Crippen molar-refractivity contribution in [1.29, 1.82) is 0 Å². The van der Waals surface area contributed by atoms with Crippen LogP contribution in [0, 0.1) is 0 Å². The highest BCUT2D eigenvalue weighted by atomic mass is 16.6. The van der Waals surface area contributed by atoms with Gasteiger partial charge in [-0.1, -0.05) is 0 Å². The lowest BCUT2D eigenvalue weighted by molar-refractivity contribution is 0.412. The van der Waals surface area contributed by atoms with Crippen LogP contribution in [0.25, 0.3) is 0 Å². The van der Waals surface area contributed by atoms with E-state index in [1.165, 1.54) is 0 Å². The number of rotatable bonds is 1. The standard InChI is InChI=1S/C3H6N2.C3H7NO/c1-2-5-3-4-1;4-1-3-2-5-3/h3H,1-2H2,(H,4,5);3H,1-2,4H2. The Hall–Kier alpha value is -0.610. The van der Waals surface area contributed by atoms with Crippen molar-refractivity contribution in [2.75, 3.05) is 26.2 Å². The molecule has 1 unspecified atom stereocenters. The maximum atomic E-state index is 5.11. The van der Waals surface area contributed by atoms with E-state index in [2.05, 4.69) is 10.3 Å². The van der Waals surface area contributed by atoms with Crippen molar-refractivity contribution in [3.8, 4) is 0 Å². The summed E-state index contributed by atoms with van der Waals surface area (Å²) in [7, 11) is 0. The summed E-state index contributed by atoms with van der Waals surface area (Å²) in [5.74, 6) is 0. The summed E-state index contributed by atoms with van der Waals surface area (Å²) >= 11 is 0.